The van der Waals surface area contributed by atoms with Crippen LogP contribution < -0.4 is 0 Å². The van der Waals surface area contributed by atoms with E-state index in [1.165, 1.54) is 17.3 Å². The van der Waals surface area contributed by atoms with Gasteiger partial charge in [0.1, 0.15) is 0 Å². The van der Waals surface area contributed by atoms with Crippen molar-refractivity contribution in [1.82, 2.24) is 24.6 Å². The van der Waals surface area contributed by atoms with Crippen LogP contribution in [-0.2, 0) is 23.1 Å². The van der Waals surface area contributed by atoms with Crippen molar-refractivity contribution in [1.29, 1.82) is 0 Å². The first-order chi connectivity index (χ1) is 14.9. The van der Waals surface area contributed by atoms with Gasteiger partial charge in [-0.2, -0.15) is 5.10 Å². The van der Waals surface area contributed by atoms with Crippen molar-refractivity contribution in [3.63, 3.8) is 0 Å². The molecule has 1 amide bonds. The molecule has 8 heteroatoms. The van der Waals surface area contributed by atoms with Crippen LogP contribution in [-0.4, -0.2) is 69.2 Å². The molecular formula is C23H27N5O3. The van der Waals surface area contributed by atoms with Gasteiger partial charge in [0.25, 0.3) is 5.91 Å². The van der Waals surface area contributed by atoms with E-state index in [0.29, 0.717) is 24.3 Å². The first-order valence-corrected chi connectivity index (χ1v) is 10.4. The number of ether oxygens (including phenoxy) is 1. The molecule has 31 heavy (non-hydrogen) atoms. The Balaban J connectivity index is 1.27. The van der Waals surface area contributed by atoms with Gasteiger partial charge in [-0.3, -0.25) is 14.4 Å². The van der Waals surface area contributed by atoms with Gasteiger partial charge < -0.3 is 9.64 Å². The summed E-state index contributed by atoms with van der Waals surface area (Å²) in [4.78, 5) is 33.3. The number of carbonyl (C=O) groups is 2. The average Bonchev–Trinajstić information content (AvgIpc) is 3.05. The Bertz CT molecular complexity index is 1120. The second kappa shape index (κ2) is 8.85. The number of amides is 1. The molecule has 2 aromatic heterocycles. The number of esters is 1. The SMILES string of the molecule is Cc1cccc(CN2CCN(C(=O)COC(=O)c3cnc4c(c3)c(C)nn4C)CC2)c1. The quantitative estimate of drug-likeness (QED) is 0.587. The summed E-state index contributed by atoms with van der Waals surface area (Å²) < 4.78 is 6.93. The lowest BCUT2D eigenvalue weighted by molar-refractivity contribution is -0.136. The van der Waals surface area contributed by atoms with Crippen LogP contribution in [0.5, 0.6) is 0 Å². The molecule has 1 saturated heterocycles. The molecular weight excluding hydrogens is 394 g/mol. The zero-order valence-corrected chi connectivity index (χ0v) is 18.2. The molecule has 1 aromatic carbocycles. The molecule has 1 aliphatic rings. The Hall–Kier alpha value is -3.26. The molecule has 8 nitrogen and oxygen atoms in total. The minimum Gasteiger partial charge on any atom is -0.452 e. The van der Waals surface area contributed by atoms with Crippen LogP contribution in [0.1, 0.15) is 27.2 Å². The van der Waals surface area contributed by atoms with Gasteiger partial charge in [0.05, 0.1) is 11.3 Å². The average molecular weight is 422 g/mol. The first kappa shape index (κ1) is 21.0. The molecule has 1 aliphatic heterocycles. The number of pyridine rings is 1. The van der Waals surface area contributed by atoms with Crippen molar-refractivity contribution >= 4 is 22.9 Å². The second-order valence-corrected chi connectivity index (χ2v) is 8.03. The van der Waals surface area contributed by atoms with Crippen molar-refractivity contribution in [2.75, 3.05) is 32.8 Å². The normalized spacial score (nSPS) is 14.7. The minimum absolute atomic E-state index is 0.171. The summed E-state index contributed by atoms with van der Waals surface area (Å²) in [5.41, 5.74) is 4.34. The molecule has 3 aromatic rings. The van der Waals surface area contributed by atoms with Crippen LogP contribution in [0.3, 0.4) is 0 Å². The molecule has 4 rings (SSSR count). The number of rotatable bonds is 5. The van der Waals surface area contributed by atoms with Crippen LogP contribution in [0, 0.1) is 13.8 Å². The van der Waals surface area contributed by atoms with Crippen LogP contribution >= 0.6 is 0 Å². The van der Waals surface area contributed by atoms with Crippen LogP contribution in [0.4, 0.5) is 0 Å². The third-order valence-electron chi connectivity index (χ3n) is 5.64. The summed E-state index contributed by atoms with van der Waals surface area (Å²) in [7, 11) is 1.81. The molecule has 3 heterocycles. The predicted molar refractivity (Wildman–Crippen MR) is 117 cm³/mol. The third-order valence-corrected chi connectivity index (χ3v) is 5.64. The van der Waals surface area contributed by atoms with Crippen molar-refractivity contribution in [3.8, 4) is 0 Å². The fourth-order valence-corrected chi connectivity index (χ4v) is 3.95. The monoisotopic (exact) mass is 421 g/mol. The summed E-state index contributed by atoms with van der Waals surface area (Å²) in [6.07, 6.45) is 1.46. The maximum Gasteiger partial charge on any atom is 0.340 e. The second-order valence-electron chi connectivity index (χ2n) is 8.03. The van der Waals surface area contributed by atoms with E-state index >= 15 is 0 Å². The van der Waals surface area contributed by atoms with Crippen molar-refractivity contribution in [2.45, 2.75) is 20.4 Å². The van der Waals surface area contributed by atoms with Gasteiger partial charge in [-0.15, -0.1) is 0 Å². The van der Waals surface area contributed by atoms with Gasteiger partial charge in [-0.05, 0) is 25.5 Å². The van der Waals surface area contributed by atoms with E-state index in [-0.39, 0.29) is 12.5 Å². The number of aryl methyl sites for hydroxylation is 3. The molecule has 0 atom stereocenters. The highest BCUT2D eigenvalue weighted by Gasteiger charge is 2.22. The highest BCUT2D eigenvalue weighted by atomic mass is 16.5. The molecule has 0 aliphatic carbocycles. The van der Waals surface area contributed by atoms with Gasteiger partial charge in [0.2, 0.25) is 0 Å². The minimum atomic E-state index is -0.552. The molecule has 0 N–H and O–H groups in total. The van der Waals surface area contributed by atoms with Gasteiger partial charge in [-0.1, -0.05) is 29.8 Å². The zero-order valence-electron chi connectivity index (χ0n) is 18.2. The lowest BCUT2D eigenvalue weighted by Crippen LogP contribution is -2.49. The van der Waals surface area contributed by atoms with E-state index in [1.54, 1.807) is 22.7 Å². The zero-order chi connectivity index (χ0) is 22.0. The van der Waals surface area contributed by atoms with E-state index in [2.05, 4.69) is 46.2 Å². The van der Waals surface area contributed by atoms with Crippen molar-refractivity contribution in [3.05, 3.63) is 58.9 Å². The van der Waals surface area contributed by atoms with E-state index in [9.17, 15) is 9.59 Å². The fraction of sp³-hybridized carbons (Fsp3) is 0.391. The van der Waals surface area contributed by atoms with Crippen molar-refractivity contribution < 1.29 is 14.3 Å². The van der Waals surface area contributed by atoms with Gasteiger partial charge >= 0.3 is 5.97 Å². The molecule has 0 saturated carbocycles. The number of fused-ring (bicyclic) bond motifs is 1. The Morgan fingerprint density at radius 2 is 1.87 bits per heavy atom. The Morgan fingerprint density at radius 3 is 2.61 bits per heavy atom. The first-order valence-electron chi connectivity index (χ1n) is 10.4. The lowest BCUT2D eigenvalue weighted by atomic mass is 10.1. The molecule has 0 unspecified atom stereocenters. The number of nitrogens with zero attached hydrogens (tertiary/aromatic N) is 5. The van der Waals surface area contributed by atoms with E-state index in [1.807, 2.05) is 6.92 Å². The number of piperazine rings is 1. The summed E-state index contributed by atoms with van der Waals surface area (Å²) in [5, 5.41) is 5.10. The van der Waals surface area contributed by atoms with Gasteiger partial charge in [0.15, 0.2) is 12.3 Å². The van der Waals surface area contributed by atoms with Gasteiger partial charge in [-0.25, -0.2) is 9.78 Å². The van der Waals surface area contributed by atoms with Crippen LogP contribution in [0.15, 0.2) is 36.5 Å². The number of carbonyl (C=O) groups excluding carboxylic acids is 2. The Morgan fingerprint density at radius 1 is 1.10 bits per heavy atom. The number of benzene rings is 1. The smallest absolute Gasteiger partial charge is 0.340 e. The third kappa shape index (κ3) is 4.74. The number of hydrogen-bond acceptors (Lipinski definition) is 6. The summed E-state index contributed by atoms with van der Waals surface area (Å²) in [6, 6.07) is 10.2. The highest BCUT2D eigenvalue weighted by molar-refractivity contribution is 5.94. The lowest BCUT2D eigenvalue weighted by Gasteiger charge is -2.34. The highest BCUT2D eigenvalue weighted by Crippen LogP contribution is 2.17. The van der Waals surface area contributed by atoms with Gasteiger partial charge in [0, 0.05) is 51.4 Å². The number of aromatic nitrogens is 3. The standard InChI is InChI=1S/C23H27N5O3/c1-16-5-4-6-18(11-16)14-27-7-9-28(10-8-27)21(29)15-31-23(30)19-12-20-17(2)25-26(3)22(20)24-13-19/h4-6,11-13H,7-10,14-15H2,1-3H3. The number of hydrogen-bond donors (Lipinski definition) is 0. The summed E-state index contributed by atoms with van der Waals surface area (Å²) in [5.74, 6) is -0.723. The van der Waals surface area contributed by atoms with Crippen LogP contribution in [0.25, 0.3) is 11.0 Å². The molecule has 0 spiro atoms. The Labute approximate surface area is 181 Å². The van der Waals surface area contributed by atoms with Crippen LogP contribution in [0.2, 0.25) is 0 Å². The van der Waals surface area contributed by atoms with E-state index in [4.69, 9.17) is 4.74 Å². The maximum atomic E-state index is 12.5. The van der Waals surface area contributed by atoms with E-state index < -0.39 is 5.97 Å². The van der Waals surface area contributed by atoms with E-state index in [0.717, 1.165) is 30.7 Å². The summed E-state index contributed by atoms with van der Waals surface area (Å²) >= 11 is 0. The molecule has 0 bridgehead atoms. The molecule has 0 radical (unpaired) electrons. The maximum absolute atomic E-state index is 12.5. The molecule has 1 fully saturated rings. The fourth-order valence-electron chi connectivity index (χ4n) is 3.95. The van der Waals surface area contributed by atoms with Crippen molar-refractivity contribution in [2.24, 2.45) is 7.05 Å². The topological polar surface area (TPSA) is 80.6 Å². The predicted octanol–water partition coefficient (Wildman–Crippen LogP) is 2.09. The largest absolute Gasteiger partial charge is 0.452 e. The summed E-state index contributed by atoms with van der Waals surface area (Å²) in [6.45, 7) is 7.43. The molecule has 162 valence electrons. The Kier molecular flexibility index (Phi) is 5.99.